The first-order valence-electron chi connectivity index (χ1n) is 8.62. The van der Waals surface area contributed by atoms with E-state index in [4.69, 9.17) is 27.6 Å². The molecule has 30 heavy (non-hydrogen) atoms. The van der Waals surface area contributed by atoms with Gasteiger partial charge in [-0.05, 0) is 60.7 Å². The first kappa shape index (κ1) is 20.3. The number of carbonyl (C=O) groups excluding carboxylic acids is 1. The lowest BCUT2D eigenvalue weighted by molar-refractivity contribution is 0.102. The van der Waals surface area contributed by atoms with E-state index in [-0.39, 0.29) is 15.9 Å². The molecule has 0 radical (unpaired) electrons. The molecule has 1 amide bonds. The Morgan fingerprint density at radius 2 is 1.70 bits per heavy atom. The Labute approximate surface area is 184 Å². The van der Waals surface area contributed by atoms with Crippen molar-refractivity contribution in [2.45, 2.75) is 0 Å². The van der Waals surface area contributed by atoms with Crippen LogP contribution in [0.3, 0.4) is 0 Å². The summed E-state index contributed by atoms with van der Waals surface area (Å²) in [6, 6.07) is 16.2. The average molecular weight is 460 g/mol. The summed E-state index contributed by atoms with van der Waals surface area (Å²) >= 11 is 13.2. The SMILES string of the molecule is O=C(Nc1ccc(Cl)cc1)c1nnc(/C(Cl)=C/c2ccc(-c3ccc(F)cc3)o2)s1. The molecule has 0 aliphatic heterocycles. The number of hydrogen-bond donors (Lipinski definition) is 1. The molecule has 2 heterocycles. The fraction of sp³-hybridized carbons (Fsp3) is 0. The zero-order valence-corrected chi connectivity index (χ0v) is 17.4. The molecule has 1 N–H and O–H groups in total. The number of anilines is 1. The second-order valence-electron chi connectivity index (χ2n) is 6.07. The van der Waals surface area contributed by atoms with Crippen LogP contribution < -0.4 is 5.32 Å². The molecule has 4 rings (SSSR count). The molecule has 0 spiro atoms. The Bertz CT molecular complexity index is 1220. The number of rotatable bonds is 5. The molecular weight excluding hydrogens is 448 g/mol. The third-order valence-corrected chi connectivity index (χ3v) is 5.56. The highest BCUT2D eigenvalue weighted by molar-refractivity contribution is 7.15. The van der Waals surface area contributed by atoms with Crippen molar-refractivity contribution in [2.75, 3.05) is 5.32 Å². The number of benzene rings is 2. The number of furan rings is 1. The third kappa shape index (κ3) is 4.76. The van der Waals surface area contributed by atoms with Gasteiger partial charge in [0.05, 0.1) is 5.03 Å². The Balaban J connectivity index is 1.47. The van der Waals surface area contributed by atoms with E-state index >= 15 is 0 Å². The summed E-state index contributed by atoms with van der Waals surface area (Å²) in [5.74, 6) is 0.343. The van der Waals surface area contributed by atoms with Gasteiger partial charge in [-0.2, -0.15) is 0 Å². The van der Waals surface area contributed by atoms with E-state index in [1.54, 1.807) is 54.6 Å². The van der Waals surface area contributed by atoms with Crippen LogP contribution in [0.4, 0.5) is 10.1 Å². The minimum atomic E-state index is -0.401. The molecule has 0 saturated heterocycles. The van der Waals surface area contributed by atoms with Gasteiger partial charge in [-0.3, -0.25) is 4.79 Å². The molecule has 2 aromatic heterocycles. The maximum atomic E-state index is 13.1. The van der Waals surface area contributed by atoms with Gasteiger partial charge in [0.25, 0.3) is 5.91 Å². The molecule has 0 aliphatic carbocycles. The van der Waals surface area contributed by atoms with Crippen LogP contribution in [-0.4, -0.2) is 16.1 Å². The second kappa shape index (κ2) is 8.79. The largest absolute Gasteiger partial charge is 0.457 e. The number of amides is 1. The lowest BCUT2D eigenvalue weighted by atomic mass is 10.2. The lowest BCUT2D eigenvalue weighted by Gasteiger charge is -2.01. The van der Waals surface area contributed by atoms with E-state index in [1.165, 1.54) is 12.1 Å². The van der Waals surface area contributed by atoms with Crippen LogP contribution in [0.1, 0.15) is 20.6 Å². The monoisotopic (exact) mass is 459 g/mol. The Morgan fingerprint density at radius 3 is 2.43 bits per heavy atom. The molecule has 2 aromatic carbocycles. The summed E-state index contributed by atoms with van der Waals surface area (Å²) < 4.78 is 18.8. The molecule has 0 saturated carbocycles. The van der Waals surface area contributed by atoms with Crippen LogP contribution in [0.5, 0.6) is 0 Å². The van der Waals surface area contributed by atoms with Crippen LogP contribution in [0.2, 0.25) is 5.02 Å². The van der Waals surface area contributed by atoms with Crippen molar-refractivity contribution in [1.29, 1.82) is 0 Å². The van der Waals surface area contributed by atoms with Crippen LogP contribution >= 0.6 is 34.5 Å². The quantitative estimate of drug-likeness (QED) is 0.365. The fourth-order valence-electron chi connectivity index (χ4n) is 2.52. The number of aromatic nitrogens is 2. The molecule has 0 unspecified atom stereocenters. The van der Waals surface area contributed by atoms with E-state index in [0.29, 0.717) is 27.2 Å². The molecule has 0 aliphatic rings. The number of halogens is 3. The highest BCUT2D eigenvalue weighted by atomic mass is 35.5. The van der Waals surface area contributed by atoms with Gasteiger partial charge in [-0.25, -0.2) is 4.39 Å². The summed E-state index contributed by atoms with van der Waals surface area (Å²) in [4.78, 5) is 12.3. The molecule has 0 bridgehead atoms. The summed E-state index contributed by atoms with van der Waals surface area (Å²) in [6.45, 7) is 0. The minimum absolute atomic E-state index is 0.165. The Hall–Kier alpha value is -3.00. The van der Waals surface area contributed by atoms with Gasteiger partial charge in [0.2, 0.25) is 5.01 Å². The van der Waals surface area contributed by atoms with E-state index in [9.17, 15) is 9.18 Å². The summed E-state index contributed by atoms with van der Waals surface area (Å²) in [6.07, 6.45) is 1.58. The van der Waals surface area contributed by atoms with E-state index in [2.05, 4.69) is 15.5 Å². The van der Waals surface area contributed by atoms with Gasteiger partial charge in [-0.15, -0.1) is 10.2 Å². The van der Waals surface area contributed by atoms with Gasteiger partial charge in [-0.1, -0.05) is 34.5 Å². The van der Waals surface area contributed by atoms with Crippen LogP contribution in [0.25, 0.3) is 22.4 Å². The molecule has 5 nitrogen and oxygen atoms in total. The lowest BCUT2D eigenvalue weighted by Crippen LogP contribution is -2.11. The summed E-state index contributed by atoms with van der Waals surface area (Å²) in [7, 11) is 0. The van der Waals surface area contributed by atoms with Gasteiger partial charge in [0, 0.05) is 22.3 Å². The van der Waals surface area contributed by atoms with Crippen LogP contribution in [-0.2, 0) is 0 Å². The van der Waals surface area contributed by atoms with Crippen molar-refractivity contribution < 1.29 is 13.6 Å². The van der Waals surface area contributed by atoms with Gasteiger partial charge in [0.15, 0.2) is 5.01 Å². The van der Waals surface area contributed by atoms with Gasteiger partial charge < -0.3 is 9.73 Å². The highest BCUT2D eigenvalue weighted by Gasteiger charge is 2.15. The minimum Gasteiger partial charge on any atom is -0.457 e. The normalized spacial score (nSPS) is 11.5. The number of hydrogen-bond acceptors (Lipinski definition) is 5. The Morgan fingerprint density at radius 1 is 1.00 bits per heavy atom. The van der Waals surface area contributed by atoms with E-state index in [1.807, 2.05) is 0 Å². The zero-order chi connectivity index (χ0) is 21.1. The molecule has 150 valence electrons. The van der Waals surface area contributed by atoms with Crippen molar-refractivity contribution in [3.63, 3.8) is 0 Å². The Kier molecular flexibility index (Phi) is 5.94. The highest BCUT2D eigenvalue weighted by Crippen LogP contribution is 2.29. The second-order valence-corrected chi connectivity index (χ2v) is 7.90. The maximum absolute atomic E-state index is 13.1. The standard InChI is InChI=1S/C21H12Cl2FN3O2S/c22-13-3-7-15(8-4-13)25-19(28)21-27-26-20(30-21)17(23)11-16-9-10-18(29-16)12-1-5-14(24)6-2-12/h1-11H,(H,25,28)/b17-11-. The maximum Gasteiger partial charge on any atom is 0.286 e. The average Bonchev–Trinajstić information content (AvgIpc) is 3.40. The fourth-order valence-corrected chi connectivity index (χ4v) is 3.55. The number of carbonyl (C=O) groups is 1. The molecular formula is C21H12Cl2FN3O2S. The summed E-state index contributed by atoms with van der Waals surface area (Å²) in [5.41, 5.74) is 1.33. The molecule has 0 fully saturated rings. The van der Waals surface area contributed by atoms with Gasteiger partial charge >= 0.3 is 0 Å². The number of nitrogens with one attached hydrogen (secondary N) is 1. The first-order chi connectivity index (χ1) is 14.5. The van der Waals surface area contributed by atoms with Crippen molar-refractivity contribution in [1.82, 2.24) is 10.2 Å². The van der Waals surface area contributed by atoms with Gasteiger partial charge in [0.1, 0.15) is 17.3 Å². The van der Waals surface area contributed by atoms with E-state index in [0.717, 1.165) is 16.9 Å². The predicted molar refractivity (Wildman–Crippen MR) is 117 cm³/mol. The predicted octanol–water partition coefficient (Wildman–Crippen LogP) is 6.58. The van der Waals surface area contributed by atoms with E-state index < -0.39 is 5.91 Å². The van der Waals surface area contributed by atoms with Crippen LogP contribution in [0.15, 0.2) is 65.1 Å². The first-order valence-corrected chi connectivity index (χ1v) is 10.2. The van der Waals surface area contributed by atoms with Crippen molar-refractivity contribution >= 4 is 57.2 Å². The van der Waals surface area contributed by atoms with Crippen molar-refractivity contribution in [3.8, 4) is 11.3 Å². The van der Waals surface area contributed by atoms with Crippen molar-refractivity contribution in [3.05, 3.63) is 87.3 Å². The molecule has 9 heteroatoms. The van der Waals surface area contributed by atoms with Crippen molar-refractivity contribution in [2.24, 2.45) is 0 Å². The summed E-state index contributed by atoms with van der Waals surface area (Å²) in [5, 5.41) is 12.0. The smallest absolute Gasteiger partial charge is 0.286 e. The van der Waals surface area contributed by atoms with Crippen LogP contribution in [0, 0.1) is 5.82 Å². The molecule has 4 aromatic rings. The third-order valence-electron chi connectivity index (χ3n) is 3.95. The zero-order valence-electron chi connectivity index (χ0n) is 15.1. The number of nitrogens with zero attached hydrogens (tertiary/aromatic N) is 2. The molecule has 0 atom stereocenters. The topological polar surface area (TPSA) is 68.0 Å².